The third kappa shape index (κ3) is 3.13. The van der Waals surface area contributed by atoms with Gasteiger partial charge in [-0.15, -0.1) is 0 Å². The highest BCUT2D eigenvalue weighted by atomic mass is 127. The lowest BCUT2D eigenvalue weighted by atomic mass is 10.2. The van der Waals surface area contributed by atoms with E-state index in [9.17, 15) is 0 Å². The first-order valence-corrected chi connectivity index (χ1v) is 6.92. The Morgan fingerprint density at radius 2 is 1.94 bits per heavy atom. The van der Waals surface area contributed by atoms with Crippen LogP contribution in [-0.4, -0.2) is 0 Å². The summed E-state index contributed by atoms with van der Waals surface area (Å²) in [6.45, 7) is 2.02. The average Bonchev–Trinajstić information content (AvgIpc) is 2.27. The number of anilines is 1. The van der Waals surface area contributed by atoms with Crippen LogP contribution in [0.1, 0.15) is 5.56 Å². The fourth-order valence-electron chi connectivity index (χ4n) is 1.42. The van der Waals surface area contributed by atoms with E-state index in [1.807, 2.05) is 43.3 Å². The second-order valence-electron chi connectivity index (χ2n) is 3.70. The second kappa shape index (κ2) is 5.27. The molecule has 0 saturated heterocycles. The minimum Gasteiger partial charge on any atom is -0.455 e. The molecule has 2 N–H and O–H groups in total. The van der Waals surface area contributed by atoms with Gasteiger partial charge in [-0.2, -0.15) is 0 Å². The van der Waals surface area contributed by atoms with Crippen LogP contribution in [0.4, 0.5) is 5.69 Å². The van der Waals surface area contributed by atoms with Gasteiger partial charge in [0.1, 0.15) is 11.5 Å². The summed E-state index contributed by atoms with van der Waals surface area (Å²) in [6, 6.07) is 11.6. The van der Waals surface area contributed by atoms with Crippen LogP contribution in [0.3, 0.4) is 0 Å². The molecule has 88 valence electrons. The van der Waals surface area contributed by atoms with Crippen molar-refractivity contribution in [2.45, 2.75) is 6.92 Å². The van der Waals surface area contributed by atoms with Crippen molar-refractivity contribution in [1.29, 1.82) is 0 Å². The van der Waals surface area contributed by atoms with Crippen molar-refractivity contribution in [3.63, 3.8) is 0 Å². The summed E-state index contributed by atoms with van der Waals surface area (Å²) in [5.41, 5.74) is 7.68. The topological polar surface area (TPSA) is 35.2 Å². The molecule has 2 aromatic rings. The van der Waals surface area contributed by atoms with E-state index in [0.29, 0.717) is 11.4 Å². The Morgan fingerprint density at radius 1 is 1.18 bits per heavy atom. The van der Waals surface area contributed by atoms with Crippen LogP contribution in [0.25, 0.3) is 0 Å². The zero-order valence-electron chi connectivity index (χ0n) is 9.21. The predicted molar refractivity (Wildman–Crippen MR) is 82.5 cm³/mol. The molecule has 0 bridgehead atoms. The number of hydrogen-bond donors (Lipinski definition) is 1. The van der Waals surface area contributed by atoms with E-state index >= 15 is 0 Å². The van der Waals surface area contributed by atoms with E-state index in [2.05, 4.69) is 38.5 Å². The van der Waals surface area contributed by atoms with Gasteiger partial charge in [-0.25, -0.2) is 0 Å². The van der Waals surface area contributed by atoms with Crippen molar-refractivity contribution in [3.8, 4) is 11.5 Å². The lowest BCUT2D eigenvalue weighted by Gasteiger charge is -2.09. The van der Waals surface area contributed by atoms with Crippen molar-refractivity contribution in [2.24, 2.45) is 0 Å². The molecule has 0 saturated carbocycles. The first kappa shape index (κ1) is 12.7. The highest BCUT2D eigenvalue weighted by molar-refractivity contribution is 14.1. The number of hydrogen-bond acceptors (Lipinski definition) is 2. The molecule has 2 nitrogen and oxygen atoms in total. The number of nitrogens with two attached hydrogens (primary N) is 1. The molecule has 17 heavy (non-hydrogen) atoms. The second-order valence-corrected chi connectivity index (χ2v) is 5.80. The first-order chi connectivity index (χ1) is 8.06. The maximum Gasteiger partial charge on any atom is 0.150 e. The van der Waals surface area contributed by atoms with E-state index in [0.717, 1.165) is 19.4 Å². The summed E-state index contributed by atoms with van der Waals surface area (Å²) in [5.74, 6) is 1.48. The molecule has 0 aromatic heterocycles. The molecule has 0 aliphatic rings. The Bertz CT molecular complexity index is 557. The third-order valence-electron chi connectivity index (χ3n) is 2.33. The van der Waals surface area contributed by atoms with Crippen molar-refractivity contribution >= 4 is 44.2 Å². The number of halogens is 2. The van der Waals surface area contributed by atoms with Crippen LogP contribution in [0.2, 0.25) is 0 Å². The van der Waals surface area contributed by atoms with Crippen molar-refractivity contribution < 1.29 is 4.74 Å². The number of rotatable bonds is 2. The van der Waals surface area contributed by atoms with Gasteiger partial charge < -0.3 is 10.5 Å². The zero-order chi connectivity index (χ0) is 12.4. The molecule has 0 spiro atoms. The molecular formula is C13H11BrINO. The van der Waals surface area contributed by atoms with Crippen molar-refractivity contribution in [2.75, 3.05) is 5.73 Å². The molecule has 0 heterocycles. The Labute approximate surface area is 122 Å². The van der Waals surface area contributed by atoms with Crippen LogP contribution >= 0.6 is 38.5 Å². The van der Waals surface area contributed by atoms with Gasteiger partial charge in [0.15, 0.2) is 0 Å². The molecule has 4 heteroatoms. The Kier molecular flexibility index (Phi) is 3.93. The monoisotopic (exact) mass is 403 g/mol. The maximum absolute atomic E-state index is 5.90. The molecule has 2 aromatic carbocycles. The summed E-state index contributed by atoms with van der Waals surface area (Å²) in [7, 11) is 0. The summed E-state index contributed by atoms with van der Waals surface area (Å²) in [5, 5.41) is 0. The lowest BCUT2D eigenvalue weighted by molar-refractivity contribution is 0.484. The molecule has 0 aliphatic heterocycles. The average molecular weight is 404 g/mol. The molecular weight excluding hydrogens is 393 g/mol. The predicted octanol–water partition coefficient (Wildman–Crippen LogP) is 4.74. The van der Waals surface area contributed by atoms with E-state index in [-0.39, 0.29) is 0 Å². The molecule has 0 atom stereocenters. The van der Waals surface area contributed by atoms with Crippen molar-refractivity contribution in [3.05, 3.63) is 50.0 Å². The van der Waals surface area contributed by atoms with Gasteiger partial charge in [0, 0.05) is 8.04 Å². The van der Waals surface area contributed by atoms with Crippen LogP contribution in [0, 0.1) is 10.5 Å². The third-order valence-corrected chi connectivity index (χ3v) is 3.89. The molecule has 0 amide bonds. The van der Waals surface area contributed by atoms with Gasteiger partial charge in [-0.05, 0) is 71.5 Å². The standard InChI is InChI=1S/C13H11BrINO/c1-8-6-10(3-4-11(8)14)17-13-5-2-9(15)7-12(13)16/h2-7H,16H2,1H3. The van der Waals surface area contributed by atoms with Gasteiger partial charge in [0.25, 0.3) is 0 Å². The fraction of sp³-hybridized carbons (Fsp3) is 0.0769. The summed E-state index contributed by atoms with van der Waals surface area (Å²) >= 11 is 5.68. The Balaban J connectivity index is 2.28. The normalized spacial score (nSPS) is 10.3. The van der Waals surface area contributed by atoms with Crippen molar-refractivity contribution in [1.82, 2.24) is 0 Å². The molecule has 0 fully saturated rings. The van der Waals surface area contributed by atoms with Gasteiger partial charge in [-0.3, -0.25) is 0 Å². The van der Waals surface area contributed by atoms with Gasteiger partial charge >= 0.3 is 0 Å². The summed E-state index contributed by atoms with van der Waals surface area (Å²) in [6.07, 6.45) is 0. The zero-order valence-corrected chi connectivity index (χ0v) is 12.9. The highest BCUT2D eigenvalue weighted by Gasteiger charge is 2.04. The molecule has 2 rings (SSSR count). The minimum absolute atomic E-state index is 0.650. The molecule has 0 aliphatic carbocycles. The summed E-state index contributed by atoms with van der Waals surface area (Å²) < 4.78 is 7.92. The number of ether oxygens (including phenoxy) is 1. The largest absolute Gasteiger partial charge is 0.455 e. The summed E-state index contributed by atoms with van der Waals surface area (Å²) in [4.78, 5) is 0. The number of aryl methyl sites for hydroxylation is 1. The number of benzene rings is 2. The van der Waals surface area contributed by atoms with Crippen LogP contribution in [0.5, 0.6) is 11.5 Å². The van der Waals surface area contributed by atoms with Crippen LogP contribution in [-0.2, 0) is 0 Å². The quantitative estimate of drug-likeness (QED) is 0.580. The Morgan fingerprint density at radius 3 is 2.59 bits per heavy atom. The number of nitrogen functional groups attached to an aromatic ring is 1. The maximum atomic E-state index is 5.90. The smallest absolute Gasteiger partial charge is 0.150 e. The molecule has 0 unspecified atom stereocenters. The SMILES string of the molecule is Cc1cc(Oc2ccc(I)cc2N)ccc1Br. The Hall–Kier alpha value is -0.750. The fourth-order valence-corrected chi connectivity index (χ4v) is 2.18. The van der Waals surface area contributed by atoms with Crippen LogP contribution < -0.4 is 10.5 Å². The lowest BCUT2D eigenvalue weighted by Crippen LogP contribution is -1.93. The van der Waals surface area contributed by atoms with E-state index in [1.165, 1.54) is 0 Å². The van der Waals surface area contributed by atoms with Gasteiger partial charge in [0.05, 0.1) is 5.69 Å². The van der Waals surface area contributed by atoms with Gasteiger partial charge in [-0.1, -0.05) is 15.9 Å². The van der Waals surface area contributed by atoms with E-state index in [1.54, 1.807) is 0 Å². The first-order valence-electron chi connectivity index (χ1n) is 5.05. The van der Waals surface area contributed by atoms with E-state index < -0.39 is 0 Å². The minimum atomic E-state index is 0.650. The van der Waals surface area contributed by atoms with E-state index in [4.69, 9.17) is 10.5 Å². The van der Waals surface area contributed by atoms with Gasteiger partial charge in [0.2, 0.25) is 0 Å². The highest BCUT2D eigenvalue weighted by Crippen LogP contribution is 2.30. The molecule has 0 radical (unpaired) electrons. The van der Waals surface area contributed by atoms with Crippen LogP contribution in [0.15, 0.2) is 40.9 Å².